The number of carboxylic acids is 1. The molecule has 1 aliphatic rings. The monoisotopic (exact) mass is 278 g/mol. The van der Waals surface area contributed by atoms with Gasteiger partial charge in [-0.3, -0.25) is 4.79 Å². The number of hydrogen-bond donors (Lipinski definition) is 1. The molecule has 1 fully saturated rings. The van der Waals surface area contributed by atoms with Crippen LogP contribution >= 0.6 is 34.8 Å². The fourth-order valence-electron chi connectivity index (χ4n) is 1.99. The van der Waals surface area contributed by atoms with Gasteiger partial charge in [0.2, 0.25) is 0 Å². The third kappa shape index (κ3) is 1.90. The van der Waals surface area contributed by atoms with Crippen molar-refractivity contribution >= 4 is 40.8 Å². The van der Waals surface area contributed by atoms with Crippen LogP contribution in [-0.4, -0.2) is 15.4 Å². The summed E-state index contributed by atoms with van der Waals surface area (Å²) >= 11 is 17.8. The van der Waals surface area contributed by atoms with Crippen LogP contribution in [0.3, 0.4) is 0 Å². The molecule has 0 aromatic heterocycles. The van der Waals surface area contributed by atoms with E-state index in [9.17, 15) is 4.79 Å². The van der Waals surface area contributed by atoms with Crippen LogP contribution in [0.2, 0.25) is 5.02 Å². The normalized spacial score (nSPS) is 26.5. The zero-order chi connectivity index (χ0) is 12.1. The van der Waals surface area contributed by atoms with Crippen molar-refractivity contribution in [3.8, 4) is 0 Å². The number of rotatable bonds is 2. The highest BCUT2D eigenvalue weighted by atomic mass is 35.5. The third-order valence-electron chi connectivity index (χ3n) is 2.74. The van der Waals surface area contributed by atoms with Crippen molar-refractivity contribution in [2.45, 2.75) is 17.2 Å². The second-order valence-corrected chi connectivity index (χ2v) is 5.91. The molecule has 5 heteroatoms. The van der Waals surface area contributed by atoms with Crippen LogP contribution in [0.15, 0.2) is 18.2 Å². The largest absolute Gasteiger partial charge is 0.481 e. The molecule has 1 N–H and O–H groups in total. The lowest BCUT2D eigenvalue weighted by Gasteiger charge is -2.03. The Kier molecular flexibility index (Phi) is 2.85. The summed E-state index contributed by atoms with van der Waals surface area (Å²) in [6.07, 6.45) is 0. The van der Waals surface area contributed by atoms with Gasteiger partial charge in [0.25, 0.3) is 0 Å². The first kappa shape index (κ1) is 12.0. The lowest BCUT2D eigenvalue weighted by atomic mass is 10.1. The topological polar surface area (TPSA) is 37.3 Å². The van der Waals surface area contributed by atoms with E-state index in [2.05, 4.69) is 0 Å². The lowest BCUT2D eigenvalue weighted by Crippen LogP contribution is -2.03. The average molecular weight is 280 g/mol. The van der Waals surface area contributed by atoms with Gasteiger partial charge in [-0.2, -0.15) is 0 Å². The number of hydrogen-bond acceptors (Lipinski definition) is 1. The Morgan fingerprint density at radius 3 is 2.44 bits per heavy atom. The zero-order valence-corrected chi connectivity index (χ0v) is 10.6. The fourth-order valence-corrected chi connectivity index (χ4v) is 3.11. The molecule has 1 aliphatic carbocycles. The first-order valence-corrected chi connectivity index (χ1v) is 5.85. The minimum atomic E-state index is -1.22. The minimum Gasteiger partial charge on any atom is -0.481 e. The van der Waals surface area contributed by atoms with Crippen LogP contribution in [0.25, 0.3) is 0 Å². The van der Waals surface area contributed by atoms with E-state index < -0.39 is 16.2 Å². The van der Waals surface area contributed by atoms with Gasteiger partial charge < -0.3 is 5.11 Å². The summed E-state index contributed by atoms with van der Waals surface area (Å²) in [7, 11) is 0. The molecule has 0 saturated heterocycles. The Hall–Kier alpha value is -0.440. The quantitative estimate of drug-likeness (QED) is 0.840. The first-order chi connectivity index (χ1) is 7.34. The summed E-state index contributed by atoms with van der Waals surface area (Å²) in [6.45, 7) is 1.89. The first-order valence-electron chi connectivity index (χ1n) is 4.71. The van der Waals surface area contributed by atoms with Gasteiger partial charge in [-0.05, 0) is 30.2 Å². The molecule has 0 amide bonds. The van der Waals surface area contributed by atoms with Crippen LogP contribution in [0.1, 0.15) is 17.0 Å². The van der Waals surface area contributed by atoms with Crippen molar-refractivity contribution in [3.63, 3.8) is 0 Å². The SMILES string of the molecule is Cc1cc(Cl)cc(C2[C@@H](C(=O)O)C2(Cl)Cl)c1. The number of alkyl halides is 2. The minimum absolute atomic E-state index is 0.384. The Morgan fingerprint density at radius 1 is 1.38 bits per heavy atom. The summed E-state index contributed by atoms with van der Waals surface area (Å²) in [5, 5.41) is 9.52. The van der Waals surface area contributed by atoms with Gasteiger partial charge >= 0.3 is 5.97 Å². The summed E-state index contributed by atoms with van der Waals surface area (Å²) < 4.78 is -1.22. The molecule has 1 aromatic rings. The van der Waals surface area contributed by atoms with E-state index in [-0.39, 0.29) is 5.92 Å². The van der Waals surface area contributed by atoms with Crippen LogP contribution in [0.4, 0.5) is 0 Å². The molecule has 1 unspecified atom stereocenters. The van der Waals surface area contributed by atoms with E-state index >= 15 is 0 Å². The van der Waals surface area contributed by atoms with E-state index in [0.29, 0.717) is 5.02 Å². The van der Waals surface area contributed by atoms with Crippen molar-refractivity contribution in [2.24, 2.45) is 5.92 Å². The van der Waals surface area contributed by atoms with Crippen molar-refractivity contribution < 1.29 is 9.90 Å². The van der Waals surface area contributed by atoms with Gasteiger partial charge in [-0.25, -0.2) is 0 Å². The molecule has 2 rings (SSSR count). The maximum Gasteiger partial charge on any atom is 0.310 e. The summed E-state index contributed by atoms with van der Waals surface area (Å²) in [5.41, 5.74) is 1.74. The molecule has 0 bridgehead atoms. The summed E-state index contributed by atoms with van der Waals surface area (Å²) in [6, 6.07) is 5.37. The highest BCUT2D eigenvalue weighted by molar-refractivity contribution is 6.53. The Balaban J connectivity index is 2.37. The van der Waals surface area contributed by atoms with Gasteiger partial charge in [0.1, 0.15) is 4.33 Å². The molecule has 0 aliphatic heterocycles. The summed E-state index contributed by atoms with van der Waals surface area (Å²) in [4.78, 5) is 10.9. The van der Waals surface area contributed by atoms with E-state index in [1.165, 1.54) is 0 Å². The standard InChI is InChI=1S/C11H9Cl3O2/c1-5-2-6(4-7(12)3-5)8-9(10(15)16)11(8,13)14/h2-4,8-9H,1H3,(H,15,16)/t8?,9-/m0/s1. The Labute approximate surface area is 108 Å². The molecule has 0 heterocycles. The average Bonchev–Trinajstić information content (AvgIpc) is 2.67. The molecule has 1 saturated carbocycles. The molecule has 0 spiro atoms. The van der Waals surface area contributed by atoms with Crippen LogP contribution in [0, 0.1) is 12.8 Å². The lowest BCUT2D eigenvalue weighted by molar-refractivity contribution is -0.138. The summed E-state index contributed by atoms with van der Waals surface area (Å²) in [5.74, 6) is -2.12. The van der Waals surface area contributed by atoms with Crippen molar-refractivity contribution in [1.29, 1.82) is 0 Å². The van der Waals surface area contributed by atoms with Crippen molar-refractivity contribution in [1.82, 2.24) is 0 Å². The highest BCUT2D eigenvalue weighted by Crippen LogP contribution is 2.65. The smallest absolute Gasteiger partial charge is 0.310 e. The van der Waals surface area contributed by atoms with Gasteiger partial charge in [0, 0.05) is 10.9 Å². The molecule has 2 nitrogen and oxygen atoms in total. The molecule has 86 valence electrons. The highest BCUT2D eigenvalue weighted by Gasteiger charge is 2.68. The number of aliphatic carboxylic acids is 1. The molecular formula is C11H9Cl3O2. The fraction of sp³-hybridized carbons (Fsp3) is 0.364. The molecule has 1 aromatic carbocycles. The van der Waals surface area contributed by atoms with Gasteiger partial charge in [0.05, 0.1) is 5.92 Å². The Morgan fingerprint density at radius 2 is 2.00 bits per heavy atom. The van der Waals surface area contributed by atoms with Crippen LogP contribution in [0.5, 0.6) is 0 Å². The van der Waals surface area contributed by atoms with Crippen LogP contribution in [-0.2, 0) is 4.79 Å². The number of halogens is 3. The molecule has 2 atom stereocenters. The van der Waals surface area contributed by atoms with E-state index in [0.717, 1.165) is 11.1 Å². The molecular weight excluding hydrogens is 270 g/mol. The predicted octanol–water partition coefficient (Wildman–Crippen LogP) is 3.62. The maximum atomic E-state index is 10.9. The second-order valence-electron chi connectivity index (χ2n) is 4.03. The number of benzene rings is 1. The van der Waals surface area contributed by atoms with E-state index in [1.54, 1.807) is 12.1 Å². The Bertz CT molecular complexity index is 436. The zero-order valence-electron chi connectivity index (χ0n) is 8.38. The van der Waals surface area contributed by atoms with Crippen LogP contribution < -0.4 is 0 Å². The number of carbonyl (C=O) groups is 1. The number of carboxylic acid groups (broad SMARTS) is 1. The third-order valence-corrected chi connectivity index (χ3v) is 3.90. The maximum absolute atomic E-state index is 10.9. The molecule has 16 heavy (non-hydrogen) atoms. The molecule has 0 radical (unpaired) electrons. The van der Waals surface area contributed by atoms with Gasteiger partial charge in [0.15, 0.2) is 0 Å². The predicted molar refractivity (Wildman–Crippen MR) is 64.5 cm³/mol. The van der Waals surface area contributed by atoms with E-state index in [1.807, 2.05) is 13.0 Å². The van der Waals surface area contributed by atoms with E-state index in [4.69, 9.17) is 39.9 Å². The van der Waals surface area contributed by atoms with Gasteiger partial charge in [-0.15, -0.1) is 0 Å². The number of aryl methyl sites for hydroxylation is 1. The van der Waals surface area contributed by atoms with Crippen molar-refractivity contribution in [3.05, 3.63) is 34.3 Å². The van der Waals surface area contributed by atoms with Crippen molar-refractivity contribution in [2.75, 3.05) is 0 Å². The second kappa shape index (κ2) is 3.80. The van der Waals surface area contributed by atoms with Gasteiger partial charge in [-0.1, -0.05) is 40.9 Å².